The van der Waals surface area contributed by atoms with Crippen LogP contribution >= 0.6 is 12.6 Å². The maximum Gasteiger partial charge on any atom is 0.0320 e. The van der Waals surface area contributed by atoms with Crippen molar-refractivity contribution in [3.05, 3.63) is 36.4 Å². The Morgan fingerprint density at radius 1 is 0.917 bits per heavy atom. The largest absolute Gasteiger partial charge is 0.399 e. The smallest absolute Gasteiger partial charge is 0.0320 e. The molecule has 60 valence electrons. The van der Waals surface area contributed by atoms with Crippen LogP contribution in [0.2, 0.25) is 0 Å². The molecule has 2 aromatic carbocycles. The summed E-state index contributed by atoms with van der Waals surface area (Å²) in [6.07, 6.45) is 0. The molecule has 0 unspecified atom stereocenters. The summed E-state index contributed by atoms with van der Waals surface area (Å²) in [5.41, 5.74) is 6.44. The molecule has 0 spiro atoms. The normalized spacial score (nSPS) is 10.4. The first-order chi connectivity index (χ1) is 5.75. The molecule has 0 aliphatic rings. The number of hydrogen-bond acceptors (Lipinski definition) is 2. The van der Waals surface area contributed by atoms with Crippen LogP contribution < -0.4 is 5.73 Å². The number of thiol groups is 1. The van der Waals surface area contributed by atoms with Gasteiger partial charge in [0.15, 0.2) is 0 Å². The summed E-state index contributed by atoms with van der Waals surface area (Å²) in [5, 5.41) is 2.34. The predicted octanol–water partition coefficient (Wildman–Crippen LogP) is 2.71. The molecule has 0 aliphatic carbocycles. The first-order valence-corrected chi connectivity index (χ1v) is 4.19. The third-order valence-electron chi connectivity index (χ3n) is 1.85. The molecule has 2 N–H and O–H groups in total. The fourth-order valence-corrected chi connectivity index (χ4v) is 1.47. The van der Waals surface area contributed by atoms with Gasteiger partial charge in [-0.2, -0.15) is 0 Å². The Morgan fingerprint density at radius 2 is 1.67 bits per heavy atom. The van der Waals surface area contributed by atoms with Crippen LogP contribution in [0.1, 0.15) is 0 Å². The Balaban J connectivity index is 2.80. The summed E-state index contributed by atoms with van der Waals surface area (Å²) in [6.45, 7) is 0. The Labute approximate surface area is 76.6 Å². The van der Waals surface area contributed by atoms with Crippen molar-refractivity contribution >= 4 is 29.1 Å². The van der Waals surface area contributed by atoms with Crippen LogP contribution in [0.4, 0.5) is 5.69 Å². The molecule has 0 atom stereocenters. The molecule has 0 fully saturated rings. The number of nitrogen functional groups attached to an aromatic ring is 1. The summed E-state index contributed by atoms with van der Waals surface area (Å²) in [4.78, 5) is 0.966. The number of rotatable bonds is 0. The second-order valence-electron chi connectivity index (χ2n) is 2.79. The molecule has 12 heavy (non-hydrogen) atoms. The van der Waals surface area contributed by atoms with Gasteiger partial charge in [0, 0.05) is 10.6 Å². The number of hydrogen-bond donors (Lipinski definition) is 2. The average Bonchev–Trinajstić information content (AvgIpc) is 2.03. The van der Waals surface area contributed by atoms with E-state index < -0.39 is 0 Å². The molecular formula is C10H9NS. The number of anilines is 1. The molecule has 2 rings (SSSR count). The summed E-state index contributed by atoms with van der Waals surface area (Å²) < 4.78 is 0. The number of fused-ring (bicyclic) bond motifs is 1. The Kier molecular flexibility index (Phi) is 1.70. The number of nitrogens with two attached hydrogens (primary N) is 1. The predicted molar refractivity (Wildman–Crippen MR) is 55.6 cm³/mol. The summed E-state index contributed by atoms with van der Waals surface area (Å²) in [7, 11) is 0. The van der Waals surface area contributed by atoms with Gasteiger partial charge in [-0.15, -0.1) is 12.6 Å². The zero-order chi connectivity index (χ0) is 8.55. The van der Waals surface area contributed by atoms with E-state index in [1.807, 2.05) is 36.4 Å². The maximum absolute atomic E-state index is 5.65. The van der Waals surface area contributed by atoms with Gasteiger partial charge in [-0.05, 0) is 35.0 Å². The lowest BCUT2D eigenvalue weighted by molar-refractivity contribution is 1.52. The lowest BCUT2D eigenvalue weighted by Crippen LogP contribution is -1.83. The lowest BCUT2D eigenvalue weighted by Gasteiger charge is -1.99. The van der Waals surface area contributed by atoms with Gasteiger partial charge < -0.3 is 5.73 Å². The van der Waals surface area contributed by atoms with E-state index in [4.69, 9.17) is 5.73 Å². The minimum Gasteiger partial charge on any atom is -0.399 e. The molecule has 0 saturated carbocycles. The molecule has 2 aromatic rings. The summed E-state index contributed by atoms with van der Waals surface area (Å²) >= 11 is 4.25. The van der Waals surface area contributed by atoms with E-state index >= 15 is 0 Å². The van der Waals surface area contributed by atoms with E-state index in [9.17, 15) is 0 Å². The van der Waals surface area contributed by atoms with Crippen molar-refractivity contribution in [1.29, 1.82) is 0 Å². The minimum atomic E-state index is 0.793. The van der Waals surface area contributed by atoms with E-state index in [0.717, 1.165) is 16.0 Å². The molecule has 1 nitrogen and oxygen atoms in total. The Morgan fingerprint density at radius 3 is 2.50 bits per heavy atom. The summed E-state index contributed by atoms with van der Waals surface area (Å²) in [6, 6.07) is 11.9. The fourth-order valence-electron chi connectivity index (χ4n) is 1.25. The highest BCUT2D eigenvalue weighted by molar-refractivity contribution is 7.80. The highest BCUT2D eigenvalue weighted by Gasteiger charge is 1.93. The van der Waals surface area contributed by atoms with Crippen molar-refractivity contribution in [2.24, 2.45) is 0 Å². The second-order valence-corrected chi connectivity index (χ2v) is 3.31. The Hall–Kier alpha value is -1.15. The Bertz CT molecular complexity index is 386. The monoisotopic (exact) mass is 175 g/mol. The van der Waals surface area contributed by atoms with Gasteiger partial charge in [0.25, 0.3) is 0 Å². The van der Waals surface area contributed by atoms with Gasteiger partial charge in [-0.3, -0.25) is 0 Å². The van der Waals surface area contributed by atoms with Gasteiger partial charge in [-0.25, -0.2) is 0 Å². The SMILES string of the molecule is Nc1ccc2ccc(S)cc2c1. The van der Waals surface area contributed by atoms with Gasteiger partial charge >= 0.3 is 0 Å². The van der Waals surface area contributed by atoms with E-state index in [2.05, 4.69) is 12.6 Å². The van der Waals surface area contributed by atoms with Gasteiger partial charge in [-0.1, -0.05) is 12.1 Å². The fraction of sp³-hybridized carbons (Fsp3) is 0. The third kappa shape index (κ3) is 1.25. The topological polar surface area (TPSA) is 26.0 Å². The molecule has 2 heteroatoms. The molecule has 0 saturated heterocycles. The maximum atomic E-state index is 5.65. The van der Waals surface area contributed by atoms with Crippen LogP contribution in [0.15, 0.2) is 41.3 Å². The van der Waals surface area contributed by atoms with Gasteiger partial charge in [0.2, 0.25) is 0 Å². The molecule has 0 aromatic heterocycles. The lowest BCUT2D eigenvalue weighted by atomic mass is 10.1. The minimum absolute atomic E-state index is 0.793. The first-order valence-electron chi connectivity index (χ1n) is 3.74. The van der Waals surface area contributed by atoms with Crippen molar-refractivity contribution in [1.82, 2.24) is 0 Å². The van der Waals surface area contributed by atoms with Crippen molar-refractivity contribution in [3.8, 4) is 0 Å². The average molecular weight is 175 g/mol. The number of benzene rings is 2. The molecule has 0 bridgehead atoms. The third-order valence-corrected chi connectivity index (χ3v) is 2.13. The van der Waals surface area contributed by atoms with E-state index in [1.54, 1.807) is 0 Å². The van der Waals surface area contributed by atoms with Crippen molar-refractivity contribution in [2.75, 3.05) is 5.73 Å². The molecule has 0 aliphatic heterocycles. The van der Waals surface area contributed by atoms with Crippen molar-refractivity contribution < 1.29 is 0 Å². The second kappa shape index (κ2) is 2.72. The molecule has 0 amide bonds. The van der Waals surface area contributed by atoms with Crippen LogP contribution in [-0.2, 0) is 0 Å². The van der Waals surface area contributed by atoms with E-state index in [-0.39, 0.29) is 0 Å². The first kappa shape index (κ1) is 7.50. The zero-order valence-corrected chi connectivity index (χ0v) is 7.38. The van der Waals surface area contributed by atoms with Crippen molar-refractivity contribution in [2.45, 2.75) is 4.90 Å². The summed E-state index contributed by atoms with van der Waals surface area (Å²) in [5.74, 6) is 0. The molecule has 0 heterocycles. The molecular weight excluding hydrogens is 166 g/mol. The van der Waals surface area contributed by atoms with Crippen LogP contribution in [-0.4, -0.2) is 0 Å². The quantitative estimate of drug-likeness (QED) is 0.467. The standard InChI is InChI=1S/C10H9NS/c11-9-3-1-7-2-4-10(12)6-8(7)5-9/h1-6,12H,11H2. The molecule has 0 radical (unpaired) electrons. The van der Waals surface area contributed by atoms with E-state index in [0.29, 0.717) is 0 Å². The van der Waals surface area contributed by atoms with E-state index in [1.165, 1.54) is 5.39 Å². The van der Waals surface area contributed by atoms with Crippen LogP contribution in [0.5, 0.6) is 0 Å². The van der Waals surface area contributed by atoms with Crippen molar-refractivity contribution in [3.63, 3.8) is 0 Å². The van der Waals surface area contributed by atoms with Crippen LogP contribution in [0, 0.1) is 0 Å². The van der Waals surface area contributed by atoms with Gasteiger partial charge in [0.1, 0.15) is 0 Å². The highest BCUT2D eigenvalue weighted by atomic mass is 32.1. The zero-order valence-electron chi connectivity index (χ0n) is 6.49. The van der Waals surface area contributed by atoms with Crippen LogP contribution in [0.3, 0.4) is 0 Å². The highest BCUT2D eigenvalue weighted by Crippen LogP contribution is 2.20. The van der Waals surface area contributed by atoms with Gasteiger partial charge in [0.05, 0.1) is 0 Å². The van der Waals surface area contributed by atoms with Crippen LogP contribution in [0.25, 0.3) is 10.8 Å².